The van der Waals surface area contributed by atoms with E-state index in [4.69, 9.17) is 0 Å². The zero-order valence-corrected chi connectivity index (χ0v) is 12.4. The number of rotatable bonds is 5. The molecule has 1 aliphatic rings. The van der Waals surface area contributed by atoms with E-state index >= 15 is 0 Å². The van der Waals surface area contributed by atoms with Gasteiger partial charge in [0, 0.05) is 18.7 Å². The first kappa shape index (κ1) is 14.7. The molecule has 0 aliphatic heterocycles. The second kappa shape index (κ2) is 4.71. The number of sulfonamides is 1. The number of anilines is 1. The molecule has 1 aliphatic carbocycles. The van der Waals surface area contributed by atoms with Crippen LogP contribution in [-0.2, 0) is 10.0 Å². The summed E-state index contributed by atoms with van der Waals surface area (Å²) < 4.78 is 27.3. The van der Waals surface area contributed by atoms with Crippen LogP contribution in [-0.4, -0.2) is 25.9 Å². The van der Waals surface area contributed by atoms with E-state index in [1.54, 1.807) is 14.0 Å². The third-order valence-electron chi connectivity index (χ3n) is 3.43. The third kappa shape index (κ3) is 2.75. The summed E-state index contributed by atoms with van der Waals surface area (Å²) in [5.74, 6) is 0. The summed E-state index contributed by atoms with van der Waals surface area (Å²) in [6.07, 6.45) is 1.56. The molecule has 2 N–H and O–H groups in total. The highest BCUT2D eigenvalue weighted by molar-refractivity contribution is 7.89. The van der Waals surface area contributed by atoms with E-state index in [9.17, 15) is 18.5 Å². The predicted molar refractivity (Wildman–Crippen MR) is 75.3 cm³/mol. The van der Waals surface area contributed by atoms with Crippen molar-refractivity contribution in [2.75, 3.05) is 12.4 Å². The number of aryl methyl sites for hydroxylation is 1. The molecular formula is C12H17N3O4S. The fraction of sp³-hybridized carbons (Fsp3) is 0.500. The van der Waals surface area contributed by atoms with Crippen molar-refractivity contribution < 1.29 is 13.3 Å². The highest BCUT2D eigenvalue weighted by atomic mass is 32.2. The molecular weight excluding hydrogens is 282 g/mol. The number of hydrogen-bond acceptors (Lipinski definition) is 5. The molecule has 0 saturated heterocycles. The SMILES string of the molecule is CNc1cc(C)c(S(=O)(=O)NC2(C)CC2)cc1[N+](=O)[O-]. The average Bonchev–Trinajstić information content (AvgIpc) is 3.04. The molecule has 1 fully saturated rings. The molecule has 0 aromatic heterocycles. The lowest BCUT2D eigenvalue weighted by Gasteiger charge is -2.14. The lowest BCUT2D eigenvalue weighted by molar-refractivity contribution is -0.384. The Balaban J connectivity index is 2.51. The molecule has 0 bridgehead atoms. The zero-order chi connectivity index (χ0) is 15.1. The normalized spacial score (nSPS) is 16.8. The van der Waals surface area contributed by atoms with Gasteiger partial charge in [-0.05, 0) is 38.3 Å². The van der Waals surface area contributed by atoms with Crippen LogP contribution in [0.15, 0.2) is 17.0 Å². The van der Waals surface area contributed by atoms with E-state index < -0.39 is 20.5 Å². The number of nitro groups is 1. The molecule has 1 aromatic carbocycles. The van der Waals surface area contributed by atoms with Crippen LogP contribution in [0.3, 0.4) is 0 Å². The van der Waals surface area contributed by atoms with Gasteiger partial charge in [-0.25, -0.2) is 13.1 Å². The molecule has 0 atom stereocenters. The van der Waals surface area contributed by atoms with E-state index in [2.05, 4.69) is 10.0 Å². The van der Waals surface area contributed by atoms with Crippen molar-refractivity contribution in [3.8, 4) is 0 Å². The van der Waals surface area contributed by atoms with Crippen molar-refractivity contribution in [3.05, 3.63) is 27.8 Å². The Morgan fingerprint density at radius 2 is 1.95 bits per heavy atom. The van der Waals surface area contributed by atoms with Crippen LogP contribution < -0.4 is 10.0 Å². The molecule has 1 saturated carbocycles. The van der Waals surface area contributed by atoms with Crippen molar-refractivity contribution in [2.45, 2.75) is 37.1 Å². The van der Waals surface area contributed by atoms with Gasteiger partial charge in [-0.3, -0.25) is 10.1 Å². The van der Waals surface area contributed by atoms with E-state index in [0.717, 1.165) is 18.9 Å². The number of nitrogens with one attached hydrogen (secondary N) is 2. The summed E-state index contributed by atoms with van der Waals surface area (Å²) in [6, 6.07) is 2.58. The number of nitrogens with zero attached hydrogens (tertiary/aromatic N) is 1. The molecule has 0 spiro atoms. The van der Waals surface area contributed by atoms with Gasteiger partial charge in [-0.2, -0.15) is 0 Å². The fourth-order valence-electron chi connectivity index (χ4n) is 1.99. The van der Waals surface area contributed by atoms with Crippen molar-refractivity contribution in [1.82, 2.24) is 4.72 Å². The van der Waals surface area contributed by atoms with Gasteiger partial charge in [0.05, 0.1) is 9.82 Å². The topological polar surface area (TPSA) is 101 Å². The predicted octanol–water partition coefficient (Wildman–Crippen LogP) is 1.78. The molecule has 0 unspecified atom stereocenters. The Kier molecular flexibility index (Phi) is 3.47. The van der Waals surface area contributed by atoms with Crippen molar-refractivity contribution in [1.29, 1.82) is 0 Å². The summed E-state index contributed by atoms with van der Waals surface area (Å²) in [5, 5.41) is 13.7. The maximum atomic E-state index is 12.3. The van der Waals surface area contributed by atoms with Crippen LogP contribution in [0, 0.1) is 17.0 Å². The summed E-state index contributed by atoms with van der Waals surface area (Å²) in [7, 11) is -2.19. The second-order valence-corrected chi connectivity index (χ2v) is 6.96. The minimum Gasteiger partial charge on any atom is -0.383 e. The van der Waals surface area contributed by atoms with Gasteiger partial charge < -0.3 is 5.32 Å². The van der Waals surface area contributed by atoms with Gasteiger partial charge in [0.2, 0.25) is 10.0 Å². The van der Waals surface area contributed by atoms with Gasteiger partial charge in [0.15, 0.2) is 0 Å². The maximum absolute atomic E-state index is 12.3. The molecule has 7 nitrogen and oxygen atoms in total. The first-order chi connectivity index (χ1) is 9.18. The van der Waals surface area contributed by atoms with Crippen molar-refractivity contribution in [2.24, 2.45) is 0 Å². The van der Waals surface area contributed by atoms with Crippen LogP contribution >= 0.6 is 0 Å². The molecule has 8 heteroatoms. The maximum Gasteiger partial charge on any atom is 0.293 e. The van der Waals surface area contributed by atoms with Gasteiger partial charge in [0.25, 0.3) is 5.69 Å². The minimum atomic E-state index is -3.75. The van der Waals surface area contributed by atoms with E-state index in [1.807, 2.05) is 6.92 Å². The Labute approximate surface area is 117 Å². The summed E-state index contributed by atoms with van der Waals surface area (Å²) in [6.45, 7) is 3.44. The zero-order valence-electron chi connectivity index (χ0n) is 11.6. The number of hydrogen-bond donors (Lipinski definition) is 2. The van der Waals surface area contributed by atoms with Crippen LogP contribution in [0.25, 0.3) is 0 Å². The highest BCUT2D eigenvalue weighted by Crippen LogP contribution is 2.37. The summed E-state index contributed by atoms with van der Waals surface area (Å²) in [5.41, 5.74) is 0.0991. The largest absolute Gasteiger partial charge is 0.383 e. The molecule has 1 aromatic rings. The monoisotopic (exact) mass is 299 g/mol. The Bertz CT molecular complexity index is 666. The highest BCUT2D eigenvalue weighted by Gasteiger charge is 2.41. The molecule has 0 amide bonds. The molecule has 0 heterocycles. The molecule has 20 heavy (non-hydrogen) atoms. The van der Waals surface area contributed by atoms with Crippen molar-refractivity contribution in [3.63, 3.8) is 0 Å². The van der Waals surface area contributed by atoms with Gasteiger partial charge in [-0.1, -0.05) is 0 Å². The second-order valence-electron chi connectivity index (χ2n) is 5.31. The molecule has 2 rings (SSSR count). The number of nitro benzene ring substituents is 1. The van der Waals surface area contributed by atoms with E-state index in [-0.39, 0.29) is 10.6 Å². The lowest BCUT2D eigenvalue weighted by atomic mass is 10.2. The van der Waals surface area contributed by atoms with Crippen LogP contribution in [0.1, 0.15) is 25.3 Å². The van der Waals surface area contributed by atoms with E-state index in [0.29, 0.717) is 11.3 Å². The Morgan fingerprint density at radius 1 is 1.35 bits per heavy atom. The van der Waals surface area contributed by atoms with Crippen LogP contribution in [0.5, 0.6) is 0 Å². The minimum absolute atomic E-state index is 0.0451. The Morgan fingerprint density at radius 3 is 2.40 bits per heavy atom. The average molecular weight is 299 g/mol. The van der Waals surface area contributed by atoms with Gasteiger partial charge in [0.1, 0.15) is 5.69 Å². The standard InChI is InChI=1S/C12H17N3O4S/c1-8-6-9(13-3)10(15(16)17)7-11(8)20(18,19)14-12(2)4-5-12/h6-7,13-14H,4-5H2,1-3H3. The van der Waals surface area contributed by atoms with Gasteiger partial charge in [-0.15, -0.1) is 0 Å². The molecule has 110 valence electrons. The number of benzene rings is 1. The Hall–Kier alpha value is -1.67. The first-order valence-corrected chi connectivity index (χ1v) is 7.68. The third-order valence-corrected chi connectivity index (χ3v) is 5.21. The van der Waals surface area contributed by atoms with Crippen LogP contribution in [0.4, 0.5) is 11.4 Å². The van der Waals surface area contributed by atoms with Crippen molar-refractivity contribution >= 4 is 21.4 Å². The summed E-state index contributed by atoms with van der Waals surface area (Å²) in [4.78, 5) is 10.4. The van der Waals surface area contributed by atoms with Gasteiger partial charge >= 0.3 is 0 Å². The summed E-state index contributed by atoms with van der Waals surface area (Å²) >= 11 is 0. The molecule has 0 radical (unpaired) electrons. The first-order valence-electron chi connectivity index (χ1n) is 6.19. The van der Waals surface area contributed by atoms with E-state index in [1.165, 1.54) is 6.07 Å². The van der Waals surface area contributed by atoms with Crippen LogP contribution in [0.2, 0.25) is 0 Å². The fourth-order valence-corrected chi connectivity index (χ4v) is 3.70. The quantitative estimate of drug-likeness (QED) is 0.637. The smallest absolute Gasteiger partial charge is 0.293 e. The lowest BCUT2D eigenvalue weighted by Crippen LogP contribution is -2.34.